The maximum absolute atomic E-state index is 11.4. The second kappa shape index (κ2) is 5.37. The van der Waals surface area contributed by atoms with Crippen LogP contribution in [0.3, 0.4) is 0 Å². The number of carbonyl (C=O) groups excluding carboxylic acids is 1. The summed E-state index contributed by atoms with van der Waals surface area (Å²) in [6, 6.07) is 4.06. The van der Waals surface area contributed by atoms with Gasteiger partial charge in [0.15, 0.2) is 0 Å². The van der Waals surface area contributed by atoms with Crippen LogP contribution in [-0.2, 0) is 0 Å². The molecule has 0 saturated carbocycles. The molecule has 0 atom stereocenters. The fourth-order valence-corrected chi connectivity index (χ4v) is 2.05. The zero-order valence-electron chi connectivity index (χ0n) is 10.8. The molecular weight excluding hydrogens is 298 g/mol. The van der Waals surface area contributed by atoms with Crippen LogP contribution in [0.1, 0.15) is 15.9 Å². The number of hydrogen-bond donors (Lipinski definition) is 2. The van der Waals surface area contributed by atoms with Crippen molar-refractivity contribution in [2.75, 3.05) is 0 Å². The lowest BCUT2D eigenvalue weighted by atomic mass is 9.98. The first-order valence-electron chi connectivity index (χ1n) is 5.75. The summed E-state index contributed by atoms with van der Waals surface area (Å²) in [7, 11) is 0. The number of halogens is 1. The molecule has 0 aliphatic carbocycles. The molecule has 3 N–H and O–H groups in total. The Labute approximate surface area is 124 Å². The number of phenolic OH excluding ortho intramolecular Hbond substituents is 1. The monoisotopic (exact) mass is 307 g/mol. The summed E-state index contributed by atoms with van der Waals surface area (Å²) in [4.78, 5) is 25.9. The average Bonchev–Trinajstić information content (AvgIpc) is 2.41. The van der Waals surface area contributed by atoms with Crippen LogP contribution in [-0.4, -0.2) is 20.9 Å². The van der Waals surface area contributed by atoms with Gasteiger partial charge in [0.1, 0.15) is 16.9 Å². The van der Waals surface area contributed by atoms with Crippen molar-refractivity contribution < 1.29 is 14.8 Å². The van der Waals surface area contributed by atoms with Gasteiger partial charge in [0.2, 0.25) is 0 Å². The summed E-state index contributed by atoms with van der Waals surface area (Å²) in [6.45, 7) is 1.50. The van der Waals surface area contributed by atoms with Gasteiger partial charge in [-0.15, -0.1) is 0 Å². The van der Waals surface area contributed by atoms with Crippen molar-refractivity contribution in [3.8, 4) is 17.0 Å². The second-order valence-corrected chi connectivity index (χ2v) is 4.73. The van der Waals surface area contributed by atoms with E-state index in [0.717, 1.165) is 0 Å². The lowest BCUT2D eigenvalue weighted by Gasteiger charge is -2.10. The molecule has 21 heavy (non-hydrogen) atoms. The third kappa shape index (κ3) is 2.63. The van der Waals surface area contributed by atoms with Crippen LogP contribution in [0.15, 0.2) is 24.4 Å². The van der Waals surface area contributed by atoms with Crippen molar-refractivity contribution >= 4 is 23.2 Å². The minimum atomic E-state index is -0.958. The van der Waals surface area contributed by atoms with E-state index < -0.39 is 16.5 Å². The SMILES string of the molecule is Cc1cc(C(N)=O)c([N+](=O)[O-])c(-c2ccc(Cl)cn2)c1O. The third-order valence-corrected chi connectivity index (χ3v) is 3.12. The Morgan fingerprint density at radius 2 is 2.14 bits per heavy atom. The van der Waals surface area contributed by atoms with Crippen LogP contribution in [0.25, 0.3) is 11.3 Å². The molecule has 1 amide bonds. The summed E-state index contributed by atoms with van der Waals surface area (Å²) >= 11 is 5.72. The molecule has 0 fully saturated rings. The minimum Gasteiger partial charge on any atom is -0.507 e. The number of carbonyl (C=O) groups is 1. The number of rotatable bonds is 3. The number of nitro groups is 1. The number of aromatic hydroxyl groups is 1. The van der Waals surface area contributed by atoms with Crippen molar-refractivity contribution in [2.24, 2.45) is 5.73 Å². The Hall–Kier alpha value is -2.67. The first-order valence-corrected chi connectivity index (χ1v) is 6.13. The predicted molar refractivity (Wildman–Crippen MR) is 76.3 cm³/mol. The van der Waals surface area contributed by atoms with Crippen LogP contribution >= 0.6 is 11.6 Å². The Kier molecular flexibility index (Phi) is 3.77. The van der Waals surface area contributed by atoms with Crippen molar-refractivity contribution in [1.29, 1.82) is 0 Å². The van der Waals surface area contributed by atoms with E-state index in [1.54, 1.807) is 0 Å². The average molecular weight is 308 g/mol. The van der Waals surface area contributed by atoms with Gasteiger partial charge >= 0.3 is 0 Å². The Morgan fingerprint density at radius 3 is 2.62 bits per heavy atom. The van der Waals surface area contributed by atoms with E-state index >= 15 is 0 Å². The highest BCUT2D eigenvalue weighted by molar-refractivity contribution is 6.30. The van der Waals surface area contributed by atoms with E-state index in [1.165, 1.54) is 31.3 Å². The van der Waals surface area contributed by atoms with Gasteiger partial charge in [0, 0.05) is 6.20 Å². The van der Waals surface area contributed by atoms with Crippen molar-refractivity contribution in [2.45, 2.75) is 6.92 Å². The van der Waals surface area contributed by atoms with Gasteiger partial charge in [-0.2, -0.15) is 0 Å². The Morgan fingerprint density at radius 1 is 1.48 bits per heavy atom. The molecule has 1 aromatic heterocycles. The number of pyridine rings is 1. The van der Waals surface area contributed by atoms with Crippen molar-refractivity contribution in [3.63, 3.8) is 0 Å². The maximum Gasteiger partial charge on any atom is 0.295 e. The molecule has 7 nitrogen and oxygen atoms in total. The van der Waals surface area contributed by atoms with Gasteiger partial charge in [-0.1, -0.05) is 11.6 Å². The number of benzene rings is 1. The molecule has 1 heterocycles. The smallest absolute Gasteiger partial charge is 0.295 e. The molecule has 0 aliphatic rings. The van der Waals surface area contributed by atoms with E-state index in [4.69, 9.17) is 17.3 Å². The van der Waals surface area contributed by atoms with E-state index in [9.17, 15) is 20.0 Å². The van der Waals surface area contributed by atoms with Gasteiger partial charge in [-0.05, 0) is 30.7 Å². The molecule has 0 unspecified atom stereocenters. The van der Waals surface area contributed by atoms with Crippen LogP contribution in [0, 0.1) is 17.0 Å². The summed E-state index contributed by atoms with van der Waals surface area (Å²) < 4.78 is 0. The number of amides is 1. The molecule has 1 aromatic carbocycles. The minimum absolute atomic E-state index is 0.120. The van der Waals surface area contributed by atoms with E-state index in [1.807, 2.05) is 0 Å². The summed E-state index contributed by atoms with van der Waals surface area (Å²) in [5, 5.41) is 21.7. The number of phenols is 1. The second-order valence-electron chi connectivity index (χ2n) is 4.30. The highest BCUT2D eigenvalue weighted by Crippen LogP contribution is 2.41. The fraction of sp³-hybridized carbons (Fsp3) is 0.0769. The summed E-state index contributed by atoms with van der Waals surface area (Å²) in [6.07, 6.45) is 1.28. The topological polar surface area (TPSA) is 119 Å². The summed E-state index contributed by atoms with van der Waals surface area (Å²) in [5.41, 5.74) is 4.54. The first-order chi connectivity index (χ1) is 9.82. The predicted octanol–water partition coefficient (Wildman–Crippen LogP) is 2.42. The van der Waals surface area contributed by atoms with Gasteiger partial charge in [-0.3, -0.25) is 19.9 Å². The van der Waals surface area contributed by atoms with Crippen molar-refractivity contribution in [1.82, 2.24) is 4.98 Å². The molecule has 8 heteroatoms. The third-order valence-electron chi connectivity index (χ3n) is 2.89. The molecular formula is C13H10ClN3O4. The van der Waals surface area contributed by atoms with E-state index in [-0.39, 0.29) is 28.1 Å². The molecule has 0 radical (unpaired) electrons. The van der Waals surface area contributed by atoms with Crippen LogP contribution in [0.2, 0.25) is 5.02 Å². The van der Waals surface area contributed by atoms with Crippen LogP contribution in [0.4, 0.5) is 5.69 Å². The molecule has 0 aliphatic heterocycles. The quantitative estimate of drug-likeness (QED) is 0.666. The molecule has 0 spiro atoms. The van der Waals surface area contributed by atoms with Gasteiger partial charge in [0.05, 0.1) is 15.6 Å². The van der Waals surface area contributed by atoms with Gasteiger partial charge < -0.3 is 10.8 Å². The lowest BCUT2D eigenvalue weighted by Crippen LogP contribution is -2.14. The number of nitro benzene ring substituents is 1. The number of primary amides is 1. The number of nitrogens with two attached hydrogens (primary N) is 1. The zero-order valence-corrected chi connectivity index (χ0v) is 11.6. The number of nitrogens with zero attached hydrogens (tertiary/aromatic N) is 2. The van der Waals surface area contributed by atoms with Crippen LogP contribution < -0.4 is 5.73 Å². The number of aryl methyl sites for hydroxylation is 1. The highest BCUT2D eigenvalue weighted by atomic mass is 35.5. The van der Waals surface area contributed by atoms with Crippen molar-refractivity contribution in [3.05, 3.63) is 50.7 Å². The largest absolute Gasteiger partial charge is 0.507 e. The highest BCUT2D eigenvalue weighted by Gasteiger charge is 2.29. The number of aromatic nitrogens is 1. The molecule has 2 rings (SSSR count). The molecule has 0 bridgehead atoms. The Bertz CT molecular complexity index is 744. The molecule has 2 aromatic rings. The fourth-order valence-electron chi connectivity index (χ4n) is 1.94. The maximum atomic E-state index is 11.4. The van der Waals surface area contributed by atoms with Crippen LogP contribution in [0.5, 0.6) is 5.75 Å². The van der Waals surface area contributed by atoms with Gasteiger partial charge in [-0.25, -0.2) is 0 Å². The Balaban J connectivity index is 2.88. The zero-order chi connectivity index (χ0) is 15.7. The summed E-state index contributed by atoms with van der Waals surface area (Å²) in [5.74, 6) is -1.29. The number of hydrogen-bond acceptors (Lipinski definition) is 5. The van der Waals surface area contributed by atoms with E-state index in [2.05, 4.69) is 4.98 Å². The lowest BCUT2D eigenvalue weighted by molar-refractivity contribution is -0.384. The van der Waals surface area contributed by atoms with E-state index in [0.29, 0.717) is 5.02 Å². The molecule has 108 valence electrons. The molecule has 0 saturated heterocycles. The van der Waals surface area contributed by atoms with Gasteiger partial charge in [0.25, 0.3) is 11.6 Å². The first kappa shape index (κ1) is 14.7. The standard InChI is InChI=1S/C13H10ClN3O4/c1-6-4-8(13(15)19)11(17(20)21)10(12(6)18)9-3-2-7(14)5-16-9/h2-5,18H,1H3,(H2,15,19). The normalized spacial score (nSPS) is 10.4.